The standard InChI is InChI=1S/C17H19N5/c1-14(17-4-2-3-7-19-17)21-8-10-22(11-9-21)16-6-5-15(12-18)20-13-16/h2-7,13-14H,8-11H2,1H3/t14-/m1/s1. The minimum absolute atomic E-state index is 0.336. The quantitative estimate of drug-likeness (QED) is 0.868. The van der Waals surface area contributed by atoms with E-state index < -0.39 is 0 Å². The Hall–Kier alpha value is -2.45. The van der Waals surface area contributed by atoms with Crippen LogP contribution in [0.1, 0.15) is 24.4 Å². The topological polar surface area (TPSA) is 56.1 Å². The summed E-state index contributed by atoms with van der Waals surface area (Å²) in [5.41, 5.74) is 2.67. The second-order valence-electron chi connectivity index (χ2n) is 5.47. The molecule has 2 aromatic heterocycles. The Bertz CT molecular complexity index is 639. The summed E-state index contributed by atoms with van der Waals surface area (Å²) in [7, 11) is 0. The van der Waals surface area contributed by atoms with Crippen molar-refractivity contribution in [3.8, 4) is 6.07 Å². The lowest BCUT2D eigenvalue weighted by Crippen LogP contribution is -2.47. The van der Waals surface area contributed by atoms with Crippen molar-refractivity contribution < 1.29 is 0 Å². The van der Waals surface area contributed by atoms with Crippen LogP contribution < -0.4 is 4.90 Å². The Balaban J connectivity index is 1.61. The number of nitriles is 1. The molecule has 2 aromatic rings. The molecule has 5 nitrogen and oxygen atoms in total. The molecule has 1 atom stereocenters. The van der Waals surface area contributed by atoms with Gasteiger partial charge in [0, 0.05) is 38.4 Å². The Kier molecular flexibility index (Phi) is 4.31. The van der Waals surface area contributed by atoms with Crippen molar-refractivity contribution in [2.24, 2.45) is 0 Å². The van der Waals surface area contributed by atoms with Gasteiger partial charge in [-0.3, -0.25) is 9.88 Å². The number of piperazine rings is 1. The van der Waals surface area contributed by atoms with Crippen molar-refractivity contribution in [2.75, 3.05) is 31.1 Å². The van der Waals surface area contributed by atoms with Crippen molar-refractivity contribution in [2.45, 2.75) is 13.0 Å². The molecule has 1 aliphatic heterocycles. The lowest BCUT2D eigenvalue weighted by molar-refractivity contribution is 0.195. The molecular formula is C17H19N5. The van der Waals surface area contributed by atoms with Crippen LogP contribution >= 0.6 is 0 Å². The van der Waals surface area contributed by atoms with E-state index in [0.717, 1.165) is 37.6 Å². The van der Waals surface area contributed by atoms with Crippen LogP contribution in [0.25, 0.3) is 0 Å². The van der Waals surface area contributed by atoms with Gasteiger partial charge >= 0.3 is 0 Å². The fraction of sp³-hybridized carbons (Fsp3) is 0.353. The maximum atomic E-state index is 8.80. The summed E-state index contributed by atoms with van der Waals surface area (Å²) < 4.78 is 0. The molecule has 0 saturated carbocycles. The number of pyridine rings is 2. The fourth-order valence-corrected chi connectivity index (χ4v) is 2.82. The molecule has 0 radical (unpaired) electrons. The van der Waals surface area contributed by atoms with E-state index in [9.17, 15) is 0 Å². The monoisotopic (exact) mass is 293 g/mol. The molecule has 22 heavy (non-hydrogen) atoms. The third-order valence-corrected chi connectivity index (χ3v) is 4.21. The first-order valence-corrected chi connectivity index (χ1v) is 7.54. The Morgan fingerprint density at radius 3 is 2.50 bits per heavy atom. The van der Waals surface area contributed by atoms with Gasteiger partial charge < -0.3 is 4.90 Å². The summed E-state index contributed by atoms with van der Waals surface area (Å²) in [5, 5.41) is 8.80. The molecule has 5 heteroatoms. The average molecular weight is 293 g/mol. The molecule has 0 spiro atoms. The van der Waals surface area contributed by atoms with Gasteiger partial charge in [0.2, 0.25) is 0 Å². The maximum absolute atomic E-state index is 8.80. The van der Waals surface area contributed by atoms with Crippen LogP contribution in [0, 0.1) is 11.3 Å². The van der Waals surface area contributed by atoms with E-state index in [1.165, 1.54) is 0 Å². The van der Waals surface area contributed by atoms with E-state index in [-0.39, 0.29) is 0 Å². The van der Waals surface area contributed by atoms with E-state index in [4.69, 9.17) is 5.26 Å². The molecular weight excluding hydrogens is 274 g/mol. The first kappa shape index (κ1) is 14.5. The van der Waals surface area contributed by atoms with Gasteiger partial charge in [0.1, 0.15) is 11.8 Å². The Morgan fingerprint density at radius 2 is 1.91 bits per heavy atom. The van der Waals surface area contributed by atoms with E-state index >= 15 is 0 Å². The molecule has 1 aliphatic rings. The zero-order valence-electron chi connectivity index (χ0n) is 12.7. The third kappa shape index (κ3) is 3.07. The molecule has 0 aromatic carbocycles. The zero-order chi connectivity index (χ0) is 15.4. The largest absolute Gasteiger partial charge is 0.368 e. The summed E-state index contributed by atoms with van der Waals surface area (Å²) in [4.78, 5) is 13.4. The van der Waals surface area contributed by atoms with Crippen LogP contribution in [0.15, 0.2) is 42.7 Å². The smallest absolute Gasteiger partial charge is 0.140 e. The average Bonchev–Trinajstić information content (AvgIpc) is 2.62. The van der Waals surface area contributed by atoms with Gasteiger partial charge in [0.05, 0.1) is 17.6 Å². The molecule has 1 saturated heterocycles. The third-order valence-electron chi connectivity index (χ3n) is 4.21. The lowest BCUT2D eigenvalue weighted by atomic mass is 10.1. The number of nitrogens with zero attached hydrogens (tertiary/aromatic N) is 5. The fourth-order valence-electron chi connectivity index (χ4n) is 2.82. The van der Waals surface area contributed by atoms with E-state index in [1.54, 1.807) is 12.3 Å². The highest BCUT2D eigenvalue weighted by Gasteiger charge is 2.22. The Labute approximate surface area is 130 Å². The van der Waals surface area contributed by atoms with Gasteiger partial charge in [0.15, 0.2) is 0 Å². The number of aromatic nitrogens is 2. The second kappa shape index (κ2) is 6.54. The van der Waals surface area contributed by atoms with Crippen LogP contribution in [0.5, 0.6) is 0 Å². The summed E-state index contributed by atoms with van der Waals surface area (Å²) in [5.74, 6) is 0. The number of anilines is 1. The molecule has 3 rings (SSSR count). The molecule has 0 amide bonds. The molecule has 0 N–H and O–H groups in total. The minimum atomic E-state index is 0.336. The highest BCUT2D eigenvalue weighted by molar-refractivity contribution is 5.46. The lowest BCUT2D eigenvalue weighted by Gasteiger charge is -2.38. The zero-order valence-corrected chi connectivity index (χ0v) is 12.7. The van der Waals surface area contributed by atoms with Crippen molar-refractivity contribution in [3.05, 3.63) is 54.1 Å². The van der Waals surface area contributed by atoms with Crippen molar-refractivity contribution >= 4 is 5.69 Å². The highest BCUT2D eigenvalue weighted by Crippen LogP contribution is 2.22. The second-order valence-corrected chi connectivity index (χ2v) is 5.47. The number of hydrogen-bond donors (Lipinski definition) is 0. The van der Waals surface area contributed by atoms with Gasteiger partial charge in [-0.25, -0.2) is 4.98 Å². The number of rotatable bonds is 3. The summed E-state index contributed by atoms with van der Waals surface area (Å²) in [6, 6.07) is 12.2. The van der Waals surface area contributed by atoms with Crippen molar-refractivity contribution in [1.82, 2.24) is 14.9 Å². The van der Waals surface area contributed by atoms with Crippen LogP contribution in [-0.4, -0.2) is 41.0 Å². The predicted molar refractivity (Wildman–Crippen MR) is 85.4 cm³/mol. The number of hydrogen-bond acceptors (Lipinski definition) is 5. The van der Waals surface area contributed by atoms with E-state index in [0.29, 0.717) is 11.7 Å². The van der Waals surface area contributed by atoms with Crippen molar-refractivity contribution in [1.29, 1.82) is 5.26 Å². The molecule has 1 fully saturated rings. The van der Waals surface area contributed by atoms with Gasteiger partial charge in [-0.15, -0.1) is 0 Å². The predicted octanol–water partition coefficient (Wildman–Crippen LogP) is 2.23. The summed E-state index contributed by atoms with van der Waals surface area (Å²) in [6.07, 6.45) is 3.64. The molecule has 0 bridgehead atoms. The SMILES string of the molecule is C[C@H](c1ccccn1)N1CCN(c2ccc(C#N)nc2)CC1. The van der Waals surface area contributed by atoms with Crippen LogP contribution in [0.4, 0.5) is 5.69 Å². The maximum Gasteiger partial charge on any atom is 0.140 e. The molecule has 0 unspecified atom stereocenters. The molecule has 3 heterocycles. The van der Waals surface area contributed by atoms with Crippen LogP contribution in [0.2, 0.25) is 0 Å². The normalized spacial score (nSPS) is 17.0. The molecule has 0 aliphatic carbocycles. The molecule has 112 valence electrons. The van der Waals surface area contributed by atoms with Gasteiger partial charge in [-0.05, 0) is 31.2 Å². The summed E-state index contributed by atoms with van der Waals surface area (Å²) >= 11 is 0. The Morgan fingerprint density at radius 1 is 1.09 bits per heavy atom. The van der Waals surface area contributed by atoms with Gasteiger partial charge in [-0.2, -0.15) is 5.26 Å². The van der Waals surface area contributed by atoms with Gasteiger partial charge in [-0.1, -0.05) is 6.07 Å². The van der Waals surface area contributed by atoms with E-state index in [1.807, 2.05) is 24.4 Å². The van der Waals surface area contributed by atoms with Crippen molar-refractivity contribution in [3.63, 3.8) is 0 Å². The van der Waals surface area contributed by atoms with E-state index in [2.05, 4.69) is 38.8 Å². The van der Waals surface area contributed by atoms with Gasteiger partial charge in [0.25, 0.3) is 0 Å². The highest BCUT2D eigenvalue weighted by atomic mass is 15.3. The summed E-state index contributed by atoms with van der Waals surface area (Å²) in [6.45, 7) is 6.13. The van der Waals surface area contributed by atoms with Crippen LogP contribution in [-0.2, 0) is 0 Å². The van der Waals surface area contributed by atoms with Crippen LogP contribution in [0.3, 0.4) is 0 Å². The first-order chi connectivity index (χ1) is 10.8. The minimum Gasteiger partial charge on any atom is -0.368 e. The first-order valence-electron chi connectivity index (χ1n) is 7.54.